The maximum atomic E-state index is 14.6. The van der Waals surface area contributed by atoms with E-state index in [1.165, 1.54) is 18.2 Å². The van der Waals surface area contributed by atoms with Crippen molar-refractivity contribution in [3.05, 3.63) is 94.6 Å². The van der Waals surface area contributed by atoms with Crippen LogP contribution in [0.1, 0.15) is 31.8 Å². The number of nitrogens with zero attached hydrogens (tertiary/aromatic N) is 1. The van der Waals surface area contributed by atoms with Crippen molar-refractivity contribution in [2.75, 3.05) is 23.7 Å². The van der Waals surface area contributed by atoms with Crippen LogP contribution in [-0.4, -0.2) is 35.6 Å². The molecule has 3 aromatic carbocycles. The van der Waals surface area contributed by atoms with E-state index >= 15 is 0 Å². The predicted octanol–water partition coefficient (Wildman–Crippen LogP) is 4.42. The molecule has 1 aliphatic heterocycles. The molecular formula is C24H20F2N4O2. The smallest absolute Gasteiger partial charge is 0.258 e. The molecule has 1 heterocycles. The Labute approximate surface area is 183 Å². The van der Waals surface area contributed by atoms with Crippen molar-refractivity contribution in [3.63, 3.8) is 0 Å². The van der Waals surface area contributed by atoms with E-state index in [0.29, 0.717) is 11.3 Å². The van der Waals surface area contributed by atoms with Gasteiger partial charge in [0.1, 0.15) is 17.5 Å². The molecule has 0 aromatic heterocycles. The zero-order valence-corrected chi connectivity index (χ0v) is 17.2. The number of hydrogen-bond donors (Lipinski definition) is 3. The Kier molecular flexibility index (Phi) is 5.68. The van der Waals surface area contributed by atoms with Crippen LogP contribution in [0.3, 0.4) is 0 Å². The number of carbonyl (C=O) groups excluding carboxylic acids is 2. The molecule has 3 aromatic rings. The van der Waals surface area contributed by atoms with Crippen LogP contribution in [0.25, 0.3) is 0 Å². The molecule has 32 heavy (non-hydrogen) atoms. The summed E-state index contributed by atoms with van der Waals surface area (Å²) in [6.07, 6.45) is 0. The molecule has 1 aliphatic rings. The third-order valence-electron chi connectivity index (χ3n) is 5.03. The fourth-order valence-electron chi connectivity index (χ4n) is 3.14. The highest BCUT2D eigenvalue weighted by Gasteiger charge is 2.24. The van der Waals surface area contributed by atoms with E-state index in [1.54, 1.807) is 17.0 Å². The number of rotatable bonds is 5. The molecule has 0 spiro atoms. The lowest BCUT2D eigenvalue weighted by Gasteiger charge is -2.13. The highest BCUT2D eigenvalue weighted by molar-refractivity contribution is 6.12. The van der Waals surface area contributed by atoms with Crippen molar-refractivity contribution in [2.24, 2.45) is 0 Å². The van der Waals surface area contributed by atoms with Gasteiger partial charge >= 0.3 is 0 Å². The molecule has 6 nitrogen and oxygen atoms in total. The van der Waals surface area contributed by atoms with Crippen molar-refractivity contribution >= 4 is 29.0 Å². The first-order chi connectivity index (χ1) is 15.3. The maximum absolute atomic E-state index is 14.6. The molecule has 0 atom stereocenters. The fraction of sp³-hybridized carbons (Fsp3) is 0.125. The van der Waals surface area contributed by atoms with Crippen molar-refractivity contribution in [3.8, 4) is 0 Å². The third kappa shape index (κ3) is 4.64. The fourth-order valence-corrected chi connectivity index (χ4v) is 3.14. The van der Waals surface area contributed by atoms with E-state index in [0.717, 1.165) is 36.9 Å². The Balaban J connectivity index is 1.55. The Hall–Kier alpha value is -4.07. The Morgan fingerprint density at radius 1 is 0.875 bits per heavy atom. The van der Waals surface area contributed by atoms with Crippen LogP contribution in [0.2, 0.25) is 0 Å². The number of carbonyl (C=O) groups is 2. The molecule has 4 rings (SSSR count). The second-order valence-electron chi connectivity index (χ2n) is 7.49. The number of hydrogen-bond acceptors (Lipinski definition) is 3. The Bertz CT molecular complexity index is 1220. The molecule has 1 fully saturated rings. The number of benzene rings is 3. The van der Waals surface area contributed by atoms with Gasteiger partial charge < -0.3 is 15.5 Å². The minimum absolute atomic E-state index is 0.0429. The van der Waals surface area contributed by atoms with Gasteiger partial charge in [-0.05, 0) is 49.4 Å². The van der Waals surface area contributed by atoms with E-state index in [-0.39, 0.29) is 22.6 Å². The summed E-state index contributed by atoms with van der Waals surface area (Å²) >= 11 is 0. The molecule has 1 saturated heterocycles. The van der Waals surface area contributed by atoms with Crippen LogP contribution < -0.4 is 10.6 Å². The van der Waals surface area contributed by atoms with Crippen molar-refractivity contribution in [1.82, 2.24) is 4.90 Å². The van der Waals surface area contributed by atoms with Crippen LogP contribution in [0.15, 0.2) is 60.7 Å². The largest absolute Gasteiger partial charge is 0.353 e. The molecule has 8 heteroatoms. The molecule has 0 saturated carbocycles. The number of halogens is 2. The predicted molar refractivity (Wildman–Crippen MR) is 118 cm³/mol. The lowest BCUT2D eigenvalue weighted by molar-refractivity contribution is 0.102. The Morgan fingerprint density at radius 2 is 1.56 bits per heavy atom. The number of aryl methyl sites for hydroxylation is 1. The van der Waals surface area contributed by atoms with Gasteiger partial charge in [-0.3, -0.25) is 15.0 Å². The summed E-state index contributed by atoms with van der Waals surface area (Å²) in [5.74, 6) is -2.65. The molecule has 0 unspecified atom stereocenters. The van der Waals surface area contributed by atoms with E-state index in [2.05, 4.69) is 10.6 Å². The van der Waals surface area contributed by atoms with Gasteiger partial charge in [-0.1, -0.05) is 23.8 Å². The van der Waals surface area contributed by atoms with Crippen molar-refractivity contribution in [1.29, 1.82) is 5.41 Å². The quantitative estimate of drug-likeness (QED) is 0.316. The van der Waals surface area contributed by atoms with Crippen LogP contribution in [0.5, 0.6) is 0 Å². The van der Waals surface area contributed by atoms with Crippen LogP contribution >= 0.6 is 0 Å². The van der Waals surface area contributed by atoms with Gasteiger partial charge in [0, 0.05) is 24.3 Å². The first-order valence-corrected chi connectivity index (χ1v) is 9.94. The zero-order valence-electron chi connectivity index (χ0n) is 17.2. The van der Waals surface area contributed by atoms with Gasteiger partial charge in [-0.15, -0.1) is 0 Å². The lowest BCUT2D eigenvalue weighted by atomic mass is 10.1. The average molecular weight is 434 g/mol. The minimum atomic E-state index is -0.792. The molecular weight excluding hydrogens is 414 g/mol. The first-order valence-electron chi connectivity index (χ1n) is 9.94. The molecule has 0 bridgehead atoms. The summed E-state index contributed by atoms with van der Waals surface area (Å²) in [5.41, 5.74) is 1.59. The minimum Gasteiger partial charge on any atom is -0.353 e. The summed E-state index contributed by atoms with van der Waals surface area (Å²) in [4.78, 5) is 27.1. The highest BCUT2D eigenvalue weighted by atomic mass is 19.1. The monoisotopic (exact) mass is 434 g/mol. The third-order valence-corrected chi connectivity index (χ3v) is 5.03. The molecule has 0 aliphatic carbocycles. The van der Waals surface area contributed by atoms with E-state index in [4.69, 9.17) is 5.41 Å². The molecule has 162 valence electrons. The van der Waals surface area contributed by atoms with Gasteiger partial charge in [0.2, 0.25) is 0 Å². The second-order valence-corrected chi connectivity index (χ2v) is 7.49. The lowest BCUT2D eigenvalue weighted by Crippen LogP contribution is -2.20. The number of nitrogens with one attached hydrogen (secondary N) is 3. The maximum Gasteiger partial charge on any atom is 0.258 e. The topological polar surface area (TPSA) is 85.1 Å². The molecule has 3 N–H and O–H groups in total. The van der Waals surface area contributed by atoms with E-state index in [9.17, 15) is 18.4 Å². The number of amidine groups is 1. The summed E-state index contributed by atoms with van der Waals surface area (Å²) in [6, 6.07) is 14.3. The van der Waals surface area contributed by atoms with E-state index in [1.807, 2.05) is 19.1 Å². The van der Waals surface area contributed by atoms with Crippen molar-refractivity contribution < 1.29 is 18.4 Å². The zero-order chi connectivity index (χ0) is 22.8. The Morgan fingerprint density at radius 3 is 2.22 bits per heavy atom. The summed E-state index contributed by atoms with van der Waals surface area (Å²) in [6.45, 7) is 3.41. The van der Waals surface area contributed by atoms with Crippen molar-refractivity contribution in [2.45, 2.75) is 6.92 Å². The standard InChI is InChI=1S/C24H20F2N4O2/c1-14-2-6-17(7-3-14)28-24(32)19-13-16(25)5-9-21(19)29-23(31)18-8-4-15(12-20(18)26)22(27)30-10-11-30/h2-9,12-13,27H,10-11H2,1H3,(H,28,32)(H,29,31). The molecule has 0 radical (unpaired) electrons. The van der Waals surface area contributed by atoms with E-state index < -0.39 is 23.4 Å². The van der Waals surface area contributed by atoms with Gasteiger partial charge in [-0.25, -0.2) is 8.78 Å². The van der Waals surface area contributed by atoms with Crippen LogP contribution in [-0.2, 0) is 0 Å². The van der Waals surface area contributed by atoms with Gasteiger partial charge in [0.05, 0.1) is 16.8 Å². The SMILES string of the molecule is Cc1ccc(NC(=O)c2cc(F)ccc2NC(=O)c2ccc(C(=N)N3CC3)cc2F)cc1. The number of anilines is 2. The summed E-state index contributed by atoms with van der Waals surface area (Å²) < 4.78 is 28.4. The summed E-state index contributed by atoms with van der Waals surface area (Å²) in [5, 5.41) is 13.1. The highest BCUT2D eigenvalue weighted by Crippen LogP contribution is 2.22. The normalized spacial score (nSPS) is 12.3. The van der Waals surface area contributed by atoms with Gasteiger partial charge in [0.25, 0.3) is 11.8 Å². The van der Waals surface area contributed by atoms with Gasteiger partial charge in [-0.2, -0.15) is 0 Å². The second kappa shape index (κ2) is 8.58. The average Bonchev–Trinajstić information content (AvgIpc) is 3.61. The number of amides is 2. The first kappa shape index (κ1) is 21.2. The summed E-state index contributed by atoms with van der Waals surface area (Å²) in [7, 11) is 0. The van der Waals surface area contributed by atoms with Gasteiger partial charge in [0.15, 0.2) is 0 Å². The van der Waals surface area contributed by atoms with Crippen LogP contribution in [0, 0.1) is 24.0 Å². The molecule has 2 amide bonds. The van der Waals surface area contributed by atoms with Crippen LogP contribution in [0.4, 0.5) is 20.2 Å².